The van der Waals surface area contributed by atoms with Gasteiger partial charge in [-0.25, -0.2) is 0 Å². The smallest absolute Gasteiger partial charge is 0.185 e. The van der Waals surface area contributed by atoms with Gasteiger partial charge in [-0.1, -0.05) is 78.9 Å². The lowest BCUT2D eigenvalue weighted by atomic mass is 10.1. The molecule has 5 rings (SSSR count). The van der Waals surface area contributed by atoms with Crippen LogP contribution < -0.4 is 21.2 Å². The van der Waals surface area contributed by atoms with Gasteiger partial charge in [0.1, 0.15) is 23.2 Å². The molecule has 1 unspecified atom stereocenters. The van der Waals surface area contributed by atoms with Gasteiger partial charge < -0.3 is 5.32 Å². The van der Waals surface area contributed by atoms with Gasteiger partial charge in [-0.15, -0.1) is 0 Å². The largest absolute Gasteiger partial charge is 0.341 e. The molecule has 28 heavy (non-hydrogen) atoms. The van der Waals surface area contributed by atoms with Crippen LogP contribution in [0.15, 0.2) is 115 Å². The Morgan fingerprint density at radius 2 is 1.04 bits per heavy atom. The molecule has 0 spiro atoms. The van der Waals surface area contributed by atoms with Crippen LogP contribution in [0.1, 0.15) is 12.5 Å². The molecule has 0 aromatic heterocycles. The Hall–Kier alpha value is -2.89. The van der Waals surface area contributed by atoms with Crippen LogP contribution in [-0.2, 0) is 5.28 Å². The Morgan fingerprint density at radius 3 is 1.61 bits per heavy atom. The fraction of sp³-hybridized carbons (Fsp3) is 0.0769. The Kier molecular flexibility index (Phi) is 4.07. The van der Waals surface area contributed by atoms with Gasteiger partial charge in [0, 0.05) is 5.56 Å². The first-order chi connectivity index (χ1) is 13.8. The lowest BCUT2D eigenvalue weighted by Gasteiger charge is -2.37. The van der Waals surface area contributed by atoms with Crippen LogP contribution in [0.25, 0.3) is 0 Å². The molecule has 1 aliphatic rings. The van der Waals surface area contributed by atoms with E-state index in [4.69, 9.17) is 0 Å². The van der Waals surface area contributed by atoms with Gasteiger partial charge in [0.25, 0.3) is 0 Å². The molecule has 1 nitrogen and oxygen atoms in total. The van der Waals surface area contributed by atoms with Gasteiger partial charge in [-0.2, -0.15) is 0 Å². The van der Waals surface area contributed by atoms with E-state index in [1.165, 1.54) is 27.2 Å². The van der Waals surface area contributed by atoms with Crippen molar-refractivity contribution in [3.05, 3.63) is 121 Å². The molecule has 136 valence electrons. The predicted molar refractivity (Wildman–Crippen MR) is 123 cm³/mol. The van der Waals surface area contributed by atoms with Crippen LogP contribution >= 0.6 is 7.26 Å². The molecule has 4 aromatic carbocycles. The minimum Gasteiger partial charge on any atom is -0.341 e. The molecule has 0 aliphatic carbocycles. The summed E-state index contributed by atoms with van der Waals surface area (Å²) < 4.78 is 0. The third-order valence-electron chi connectivity index (χ3n) is 5.94. The molecule has 0 saturated heterocycles. The molecule has 1 N–H and O–H groups in total. The summed E-state index contributed by atoms with van der Waals surface area (Å²) in [5.41, 5.74) is 2.57. The number of anilines is 1. The Morgan fingerprint density at radius 1 is 0.571 bits per heavy atom. The van der Waals surface area contributed by atoms with Crippen LogP contribution in [0.3, 0.4) is 0 Å². The van der Waals surface area contributed by atoms with Crippen LogP contribution in [0.4, 0.5) is 5.69 Å². The molecular formula is C26H23NP+. The molecule has 4 aromatic rings. The second-order valence-corrected chi connectivity index (χ2v) is 11.2. The van der Waals surface area contributed by atoms with Gasteiger partial charge in [0.2, 0.25) is 0 Å². The molecule has 0 amide bonds. The van der Waals surface area contributed by atoms with Gasteiger partial charge in [0.15, 0.2) is 5.28 Å². The zero-order valence-corrected chi connectivity index (χ0v) is 16.8. The SMILES string of the molecule is CC1(c2ccccc2)Nc2ccccc2[P+]1(c1ccccc1)c1ccccc1. The van der Waals surface area contributed by atoms with E-state index in [2.05, 4.69) is 128 Å². The maximum absolute atomic E-state index is 3.96. The predicted octanol–water partition coefficient (Wildman–Crippen LogP) is 5.28. The minimum atomic E-state index is -2.00. The van der Waals surface area contributed by atoms with Gasteiger partial charge >= 0.3 is 0 Å². The van der Waals surface area contributed by atoms with E-state index in [1.807, 2.05) is 0 Å². The lowest BCUT2D eigenvalue weighted by Crippen LogP contribution is -2.42. The molecule has 0 radical (unpaired) electrons. The molecule has 2 heteroatoms. The summed E-state index contributed by atoms with van der Waals surface area (Å²) in [4.78, 5) is 0. The monoisotopic (exact) mass is 380 g/mol. The van der Waals surface area contributed by atoms with E-state index in [9.17, 15) is 0 Å². The van der Waals surface area contributed by atoms with Crippen molar-refractivity contribution < 1.29 is 0 Å². The van der Waals surface area contributed by atoms with Gasteiger partial charge in [0.05, 0.1) is 5.69 Å². The van der Waals surface area contributed by atoms with Crippen LogP contribution in [0.5, 0.6) is 0 Å². The third kappa shape index (κ3) is 2.30. The van der Waals surface area contributed by atoms with Crippen molar-refractivity contribution in [2.45, 2.75) is 12.2 Å². The fourth-order valence-electron chi connectivity index (χ4n) is 4.73. The average molecular weight is 380 g/mol. The van der Waals surface area contributed by atoms with Crippen molar-refractivity contribution in [1.82, 2.24) is 0 Å². The highest BCUT2D eigenvalue weighted by Crippen LogP contribution is 2.73. The Balaban J connectivity index is 1.94. The highest BCUT2D eigenvalue weighted by Gasteiger charge is 2.66. The molecule has 1 atom stereocenters. The average Bonchev–Trinajstić information content (AvgIpc) is 3.05. The lowest BCUT2D eigenvalue weighted by molar-refractivity contribution is 0.797. The van der Waals surface area contributed by atoms with Crippen molar-refractivity contribution in [3.8, 4) is 0 Å². The summed E-state index contributed by atoms with van der Waals surface area (Å²) >= 11 is 0. The van der Waals surface area contributed by atoms with E-state index < -0.39 is 7.26 Å². The van der Waals surface area contributed by atoms with Crippen molar-refractivity contribution in [2.75, 3.05) is 5.32 Å². The first-order valence-electron chi connectivity index (χ1n) is 9.70. The Bertz CT molecular complexity index is 1050. The fourth-order valence-corrected chi connectivity index (χ4v) is 9.97. The highest BCUT2D eigenvalue weighted by molar-refractivity contribution is 7.97. The normalized spacial score (nSPS) is 19.6. The first kappa shape index (κ1) is 17.2. The summed E-state index contributed by atoms with van der Waals surface area (Å²) in [6, 6.07) is 41.9. The van der Waals surface area contributed by atoms with Crippen molar-refractivity contribution in [2.24, 2.45) is 0 Å². The van der Waals surface area contributed by atoms with E-state index in [1.54, 1.807) is 0 Å². The number of hydrogen-bond donors (Lipinski definition) is 1. The van der Waals surface area contributed by atoms with Crippen molar-refractivity contribution in [1.29, 1.82) is 0 Å². The van der Waals surface area contributed by atoms with E-state index >= 15 is 0 Å². The zero-order chi connectivity index (χ0) is 19.0. The van der Waals surface area contributed by atoms with Crippen molar-refractivity contribution in [3.63, 3.8) is 0 Å². The van der Waals surface area contributed by atoms with Gasteiger partial charge in [-0.05, 0) is 43.3 Å². The Labute approximate surface area is 167 Å². The molecule has 1 heterocycles. The number of benzene rings is 4. The number of rotatable bonds is 3. The van der Waals surface area contributed by atoms with E-state index in [-0.39, 0.29) is 5.28 Å². The number of fused-ring (bicyclic) bond motifs is 1. The number of hydrogen-bond acceptors (Lipinski definition) is 1. The molecule has 0 bridgehead atoms. The minimum absolute atomic E-state index is 0.222. The maximum Gasteiger partial charge on any atom is 0.185 e. The first-order valence-corrected chi connectivity index (χ1v) is 11.5. The standard InChI is InChI=1S/C26H23NP/c1-26(21-13-5-2-6-14-21)27-24-19-11-12-20-25(24)28(26,22-15-7-3-8-16-22)23-17-9-4-10-18-23/h2-20,27H,1H3/q+1. The second-order valence-electron chi connectivity index (χ2n) is 7.42. The quantitative estimate of drug-likeness (QED) is 0.477. The summed E-state index contributed by atoms with van der Waals surface area (Å²) in [6.07, 6.45) is 0. The van der Waals surface area contributed by atoms with E-state index in [0.717, 1.165) is 0 Å². The van der Waals surface area contributed by atoms with E-state index in [0.29, 0.717) is 0 Å². The zero-order valence-electron chi connectivity index (χ0n) is 15.9. The topological polar surface area (TPSA) is 12.0 Å². The van der Waals surface area contributed by atoms with Crippen LogP contribution in [0, 0.1) is 0 Å². The molecule has 1 aliphatic heterocycles. The number of para-hydroxylation sites is 1. The van der Waals surface area contributed by atoms with Crippen LogP contribution in [0.2, 0.25) is 0 Å². The van der Waals surface area contributed by atoms with Crippen LogP contribution in [-0.4, -0.2) is 0 Å². The molecule has 0 saturated carbocycles. The summed E-state index contributed by atoms with van der Waals surface area (Å²) in [5, 5.41) is 7.99. The van der Waals surface area contributed by atoms with Crippen molar-refractivity contribution >= 4 is 28.9 Å². The molecule has 0 fully saturated rings. The second kappa shape index (κ2) is 6.62. The maximum atomic E-state index is 3.96. The summed E-state index contributed by atoms with van der Waals surface area (Å²) in [6.45, 7) is 2.39. The molecular weight excluding hydrogens is 357 g/mol. The third-order valence-corrected chi connectivity index (χ3v) is 10.9. The number of nitrogens with one attached hydrogen (secondary N) is 1. The highest BCUT2D eigenvalue weighted by atomic mass is 31.2. The summed E-state index contributed by atoms with van der Waals surface area (Å²) in [5.74, 6) is 0. The van der Waals surface area contributed by atoms with Gasteiger partial charge in [-0.3, -0.25) is 0 Å². The summed E-state index contributed by atoms with van der Waals surface area (Å²) in [7, 11) is -2.00.